The summed E-state index contributed by atoms with van der Waals surface area (Å²) >= 11 is 0. The minimum absolute atomic E-state index is 0.0376. The van der Waals surface area contributed by atoms with E-state index in [1.54, 1.807) is 0 Å². The number of aliphatic hydroxyl groups excluding tert-OH is 1. The monoisotopic (exact) mass is 282 g/mol. The molecule has 0 aromatic rings. The van der Waals surface area contributed by atoms with E-state index in [4.69, 9.17) is 0 Å². The van der Waals surface area contributed by atoms with E-state index in [0.717, 1.165) is 38.8 Å². The molecule has 0 radical (unpaired) electrons. The molecule has 1 heterocycles. The Hall–Kier alpha value is -0.610. The third kappa shape index (κ3) is 3.95. The maximum absolute atomic E-state index is 12.6. The molecule has 0 bridgehead atoms. The average Bonchev–Trinajstić information content (AvgIpc) is 2.42. The molecule has 20 heavy (non-hydrogen) atoms. The molecule has 2 N–H and O–H groups in total. The van der Waals surface area contributed by atoms with E-state index in [2.05, 4.69) is 24.1 Å². The van der Waals surface area contributed by atoms with Gasteiger partial charge in [0.25, 0.3) is 0 Å². The Morgan fingerprint density at radius 2 is 1.75 bits per heavy atom. The Morgan fingerprint density at radius 1 is 1.10 bits per heavy atom. The predicted molar refractivity (Wildman–Crippen MR) is 80.5 cm³/mol. The quantitative estimate of drug-likeness (QED) is 0.828. The van der Waals surface area contributed by atoms with Crippen LogP contribution >= 0.6 is 0 Å². The van der Waals surface area contributed by atoms with Gasteiger partial charge >= 0.3 is 0 Å². The minimum Gasteiger partial charge on any atom is -0.391 e. The zero-order chi connectivity index (χ0) is 14.5. The Kier molecular flexibility index (Phi) is 5.85. The number of nitrogens with one attached hydrogen (secondary N) is 1. The van der Waals surface area contributed by atoms with Gasteiger partial charge in [-0.1, -0.05) is 33.1 Å². The van der Waals surface area contributed by atoms with Crippen LogP contribution in [0.15, 0.2) is 0 Å². The molecule has 1 amide bonds. The van der Waals surface area contributed by atoms with Crippen molar-refractivity contribution in [3.8, 4) is 0 Å². The molecular weight excluding hydrogens is 252 g/mol. The standard InChI is InChI=1S/C16H30N2O2/c1-12(2)15(18-10-6-3-7-11-18)16(20)17-13-8-4-5-9-14(13)19/h12-15,19H,3-11H2,1-2H3,(H,17,20). The number of hydrogen-bond acceptors (Lipinski definition) is 3. The second-order valence-corrected chi connectivity index (χ2v) is 6.75. The molecule has 2 rings (SSSR count). The first kappa shape index (κ1) is 15.8. The van der Waals surface area contributed by atoms with Crippen molar-refractivity contribution < 1.29 is 9.90 Å². The van der Waals surface area contributed by atoms with Crippen molar-refractivity contribution >= 4 is 5.91 Å². The van der Waals surface area contributed by atoms with Crippen LogP contribution in [-0.4, -0.2) is 47.2 Å². The van der Waals surface area contributed by atoms with Crippen LogP contribution in [0.1, 0.15) is 58.8 Å². The van der Waals surface area contributed by atoms with Gasteiger partial charge in [-0.25, -0.2) is 0 Å². The third-order valence-electron chi connectivity index (χ3n) is 4.74. The van der Waals surface area contributed by atoms with Gasteiger partial charge in [0.2, 0.25) is 5.91 Å². The lowest BCUT2D eigenvalue weighted by Crippen LogP contribution is -2.55. The largest absolute Gasteiger partial charge is 0.391 e. The number of nitrogens with zero attached hydrogens (tertiary/aromatic N) is 1. The van der Waals surface area contributed by atoms with Crippen molar-refractivity contribution in [2.45, 2.75) is 77.0 Å². The van der Waals surface area contributed by atoms with Crippen molar-refractivity contribution in [2.75, 3.05) is 13.1 Å². The number of rotatable bonds is 4. The maximum atomic E-state index is 12.6. The van der Waals surface area contributed by atoms with E-state index < -0.39 is 0 Å². The van der Waals surface area contributed by atoms with Gasteiger partial charge in [-0.3, -0.25) is 9.69 Å². The zero-order valence-corrected chi connectivity index (χ0v) is 13.0. The van der Waals surface area contributed by atoms with E-state index >= 15 is 0 Å². The molecule has 4 nitrogen and oxygen atoms in total. The van der Waals surface area contributed by atoms with E-state index in [9.17, 15) is 9.90 Å². The van der Waals surface area contributed by atoms with Gasteiger partial charge in [-0.15, -0.1) is 0 Å². The second-order valence-electron chi connectivity index (χ2n) is 6.75. The highest BCUT2D eigenvalue weighted by molar-refractivity contribution is 5.82. The van der Waals surface area contributed by atoms with Crippen molar-refractivity contribution in [3.05, 3.63) is 0 Å². The summed E-state index contributed by atoms with van der Waals surface area (Å²) in [4.78, 5) is 15.0. The molecule has 4 heteroatoms. The van der Waals surface area contributed by atoms with Gasteiger partial charge in [0.05, 0.1) is 18.2 Å². The average molecular weight is 282 g/mol. The van der Waals surface area contributed by atoms with E-state index in [1.807, 2.05) is 0 Å². The molecular formula is C16H30N2O2. The van der Waals surface area contributed by atoms with Gasteiger partial charge in [-0.2, -0.15) is 0 Å². The number of carbonyl (C=O) groups is 1. The van der Waals surface area contributed by atoms with Crippen LogP contribution in [0.2, 0.25) is 0 Å². The van der Waals surface area contributed by atoms with Crippen LogP contribution in [0.3, 0.4) is 0 Å². The van der Waals surface area contributed by atoms with Crippen molar-refractivity contribution in [3.63, 3.8) is 0 Å². The topological polar surface area (TPSA) is 52.6 Å². The first-order valence-electron chi connectivity index (χ1n) is 8.32. The van der Waals surface area contributed by atoms with Crippen molar-refractivity contribution in [1.82, 2.24) is 10.2 Å². The highest BCUT2D eigenvalue weighted by Crippen LogP contribution is 2.21. The van der Waals surface area contributed by atoms with Crippen LogP contribution in [0.25, 0.3) is 0 Å². The summed E-state index contributed by atoms with van der Waals surface area (Å²) in [6, 6.07) is -0.0771. The minimum atomic E-state index is -0.359. The van der Waals surface area contributed by atoms with E-state index in [1.165, 1.54) is 19.3 Å². The van der Waals surface area contributed by atoms with Gasteiger partial charge < -0.3 is 10.4 Å². The predicted octanol–water partition coefficient (Wildman–Crippen LogP) is 1.92. The van der Waals surface area contributed by atoms with E-state index in [-0.39, 0.29) is 24.1 Å². The van der Waals surface area contributed by atoms with Crippen LogP contribution < -0.4 is 5.32 Å². The fourth-order valence-electron chi connectivity index (χ4n) is 3.63. The molecule has 0 aromatic carbocycles. The summed E-state index contributed by atoms with van der Waals surface area (Å²) in [5.41, 5.74) is 0. The molecule has 3 unspecified atom stereocenters. The van der Waals surface area contributed by atoms with Crippen LogP contribution in [0.5, 0.6) is 0 Å². The normalized spacial score (nSPS) is 30.2. The number of likely N-dealkylation sites (tertiary alicyclic amines) is 1. The Balaban J connectivity index is 1.95. The van der Waals surface area contributed by atoms with Gasteiger partial charge in [0, 0.05) is 0 Å². The maximum Gasteiger partial charge on any atom is 0.237 e. The molecule has 1 aliphatic carbocycles. The highest BCUT2D eigenvalue weighted by Gasteiger charge is 2.33. The summed E-state index contributed by atoms with van der Waals surface area (Å²) in [5.74, 6) is 0.432. The molecule has 1 saturated carbocycles. The number of amides is 1. The van der Waals surface area contributed by atoms with Gasteiger partial charge in [-0.05, 0) is 44.7 Å². The molecule has 0 aromatic heterocycles. The molecule has 0 spiro atoms. The summed E-state index contributed by atoms with van der Waals surface area (Å²) in [6.45, 7) is 6.30. The summed E-state index contributed by atoms with van der Waals surface area (Å²) in [7, 11) is 0. The molecule has 116 valence electrons. The number of piperidine rings is 1. The number of carbonyl (C=O) groups excluding carboxylic acids is 1. The summed E-state index contributed by atoms with van der Waals surface area (Å²) in [6.07, 6.45) is 7.24. The molecule has 2 aliphatic rings. The first-order chi connectivity index (χ1) is 9.59. The Bertz CT molecular complexity index is 314. The van der Waals surface area contributed by atoms with Crippen LogP contribution in [-0.2, 0) is 4.79 Å². The van der Waals surface area contributed by atoms with Gasteiger partial charge in [0.1, 0.15) is 0 Å². The Labute approximate surface area is 122 Å². The SMILES string of the molecule is CC(C)C(C(=O)NC1CCCCC1O)N1CCCCC1. The smallest absolute Gasteiger partial charge is 0.237 e. The molecule has 2 fully saturated rings. The number of aliphatic hydroxyl groups is 1. The molecule has 1 aliphatic heterocycles. The summed E-state index contributed by atoms with van der Waals surface area (Å²) in [5, 5.41) is 13.1. The third-order valence-corrected chi connectivity index (χ3v) is 4.74. The summed E-state index contributed by atoms with van der Waals surface area (Å²) < 4.78 is 0. The Morgan fingerprint density at radius 3 is 2.35 bits per heavy atom. The second kappa shape index (κ2) is 7.41. The van der Waals surface area contributed by atoms with Gasteiger partial charge in [0.15, 0.2) is 0 Å². The fourth-order valence-corrected chi connectivity index (χ4v) is 3.63. The number of hydrogen-bond donors (Lipinski definition) is 2. The van der Waals surface area contributed by atoms with Crippen molar-refractivity contribution in [2.24, 2.45) is 5.92 Å². The lowest BCUT2D eigenvalue weighted by molar-refractivity contribution is -0.130. The zero-order valence-electron chi connectivity index (χ0n) is 13.0. The van der Waals surface area contributed by atoms with Crippen molar-refractivity contribution in [1.29, 1.82) is 0 Å². The van der Waals surface area contributed by atoms with E-state index in [0.29, 0.717) is 5.92 Å². The lowest BCUT2D eigenvalue weighted by Gasteiger charge is -2.37. The lowest BCUT2D eigenvalue weighted by atomic mass is 9.91. The van der Waals surface area contributed by atoms with Crippen LogP contribution in [0.4, 0.5) is 0 Å². The first-order valence-corrected chi connectivity index (χ1v) is 8.32. The highest BCUT2D eigenvalue weighted by atomic mass is 16.3. The molecule has 3 atom stereocenters. The fraction of sp³-hybridized carbons (Fsp3) is 0.938. The van der Waals surface area contributed by atoms with Crippen LogP contribution in [0, 0.1) is 5.92 Å². The molecule has 1 saturated heterocycles.